The van der Waals surface area contributed by atoms with Gasteiger partial charge in [0.15, 0.2) is 0 Å². The molecule has 1 N–H and O–H groups in total. The van der Waals surface area contributed by atoms with Crippen molar-refractivity contribution in [2.75, 3.05) is 21.3 Å². The van der Waals surface area contributed by atoms with Gasteiger partial charge in [-0.05, 0) is 24.6 Å². The molecule has 0 saturated carbocycles. The van der Waals surface area contributed by atoms with Gasteiger partial charge >= 0.3 is 0 Å². The highest BCUT2D eigenvalue weighted by Crippen LogP contribution is 2.50. The Hall–Kier alpha value is -2.46. The molecule has 0 bridgehead atoms. The van der Waals surface area contributed by atoms with Gasteiger partial charge in [0.1, 0.15) is 22.9 Å². The Morgan fingerprint density at radius 1 is 0.875 bits per heavy atom. The van der Waals surface area contributed by atoms with E-state index >= 15 is 0 Å². The molecule has 0 amide bonds. The second kappa shape index (κ2) is 6.21. The van der Waals surface area contributed by atoms with Gasteiger partial charge in [-0.3, -0.25) is 0 Å². The molecule has 1 unspecified atom stereocenters. The van der Waals surface area contributed by atoms with Crippen LogP contribution in [0.4, 0.5) is 0 Å². The van der Waals surface area contributed by atoms with Gasteiger partial charge in [-0.25, -0.2) is 0 Å². The highest BCUT2D eigenvalue weighted by atomic mass is 16.5. The molecule has 1 aliphatic rings. The number of ether oxygens (including phenoxy) is 3. The second-order valence-corrected chi connectivity index (χ2v) is 5.93. The SMILES string of the molecule is COC1=C(C)CC(O)(c2ccccc2OC)c2c(OC)cccc21. The lowest BCUT2D eigenvalue weighted by atomic mass is 9.74. The molecule has 0 aliphatic heterocycles. The minimum Gasteiger partial charge on any atom is -0.496 e. The normalized spacial score (nSPS) is 19.7. The Bertz CT molecular complexity index is 794. The van der Waals surface area contributed by atoms with Gasteiger partial charge in [0, 0.05) is 23.1 Å². The van der Waals surface area contributed by atoms with Crippen LogP contribution in [0.15, 0.2) is 48.0 Å². The summed E-state index contributed by atoms with van der Waals surface area (Å²) in [4.78, 5) is 0. The van der Waals surface area contributed by atoms with E-state index in [1.165, 1.54) is 0 Å². The molecule has 2 aromatic carbocycles. The van der Waals surface area contributed by atoms with Crippen LogP contribution >= 0.6 is 0 Å². The van der Waals surface area contributed by atoms with E-state index in [2.05, 4.69) is 0 Å². The summed E-state index contributed by atoms with van der Waals surface area (Å²) in [5, 5.41) is 11.8. The molecule has 0 radical (unpaired) electrons. The van der Waals surface area contributed by atoms with Crippen molar-refractivity contribution in [1.29, 1.82) is 0 Å². The first kappa shape index (κ1) is 16.4. The molecule has 0 aromatic heterocycles. The van der Waals surface area contributed by atoms with E-state index in [1.54, 1.807) is 21.3 Å². The molecular formula is C20H22O4. The highest BCUT2D eigenvalue weighted by Gasteiger charge is 2.43. The summed E-state index contributed by atoms with van der Waals surface area (Å²) in [6.07, 6.45) is 0.407. The van der Waals surface area contributed by atoms with Crippen LogP contribution in [0.5, 0.6) is 11.5 Å². The van der Waals surface area contributed by atoms with Crippen molar-refractivity contribution in [3.8, 4) is 11.5 Å². The van der Waals surface area contributed by atoms with Crippen LogP contribution in [-0.4, -0.2) is 26.4 Å². The van der Waals surface area contributed by atoms with Gasteiger partial charge in [0.25, 0.3) is 0 Å². The summed E-state index contributed by atoms with van der Waals surface area (Å²) in [5.74, 6) is 2.05. The van der Waals surface area contributed by atoms with E-state index in [0.29, 0.717) is 29.0 Å². The summed E-state index contributed by atoms with van der Waals surface area (Å²) >= 11 is 0. The average molecular weight is 326 g/mol. The zero-order valence-electron chi connectivity index (χ0n) is 14.4. The summed E-state index contributed by atoms with van der Waals surface area (Å²) in [7, 11) is 4.86. The number of fused-ring (bicyclic) bond motifs is 1. The van der Waals surface area contributed by atoms with Crippen LogP contribution in [-0.2, 0) is 10.3 Å². The lowest BCUT2D eigenvalue weighted by molar-refractivity contribution is 0.0715. The third-order valence-corrected chi connectivity index (χ3v) is 4.57. The van der Waals surface area contributed by atoms with Gasteiger partial charge in [0.05, 0.1) is 21.3 Å². The van der Waals surface area contributed by atoms with Crippen molar-refractivity contribution in [3.63, 3.8) is 0 Å². The maximum atomic E-state index is 11.8. The molecular weight excluding hydrogens is 304 g/mol. The Morgan fingerprint density at radius 3 is 2.21 bits per heavy atom. The topological polar surface area (TPSA) is 47.9 Å². The fraction of sp³-hybridized carbons (Fsp3) is 0.300. The van der Waals surface area contributed by atoms with Gasteiger partial charge in [-0.2, -0.15) is 0 Å². The van der Waals surface area contributed by atoms with Crippen LogP contribution < -0.4 is 9.47 Å². The van der Waals surface area contributed by atoms with Crippen molar-refractivity contribution in [2.24, 2.45) is 0 Å². The zero-order chi connectivity index (χ0) is 17.3. The molecule has 4 nitrogen and oxygen atoms in total. The number of para-hydroxylation sites is 1. The lowest BCUT2D eigenvalue weighted by Gasteiger charge is -2.37. The number of hydrogen-bond acceptors (Lipinski definition) is 4. The average Bonchev–Trinajstić information content (AvgIpc) is 2.61. The maximum absolute atomic E-state index is 11.8. The second-order valence-electron chi connectivity index (χ2n) is 5.93. The molecule has 2 aromatic rings. The minimum atomic E-state index is -1.25. The molecule has 1 atom stereocenters. The number of rotatable bonds is 4. The van der Waals surface area contributed by atoms with Gasteiger partial charge in [-0.15, -0.1) is 0 Å². The number of methoxy groups -OCH3 is 3. The van der Waals surface area contributed by atoms with E-state index in [4.69, 9.17) is 14.2 Å². The number of benzene rings is 2. The summed E-state index contributed by atoms with van der Waals surface area (Å²) < 4.78 is 16.6. The van der Waals surface area contributed by atoms with E-state index < -0.39 is 5.60 Å². The lowest BCUT2D eigenvalue weighted by Crippen LogP contribution is -2.33. The Labute approximate surface area is 142 Å². The molecule has 4 heteroatoms. The van der Waals surface area contributed by atoms with Crippen molar-refractivity contribution < 1.29 is 19.3 Å². The van der Waals surface area contributed by atoms with Crippen LogP contribution in [0.2, 0.25) is 0 Å². The fourth-order valence-corrected chi connectivity index (χ4v) is 3.60. The summed E-state index contributed by atoms with van der Waals surface area (Å²) in [5.41, 5.74) is 1.99. The monoisotopic (exact) mass is 326 g/mol. The fourth-order valence-electron chi connectivity index (χ4n) is 3.60. The zero-order valence-corrected chi connectivity index (χ0v) is 14.4. The molecule has 1 aliphatic carbocycles. The Balaban J connectivity index is 2.34. The third-order valence-electron chi connectivity index (χ3n) is 4.57. The largest absolute Gasteiger partial charge is 0.496 e. The van der Waals surface area contributed by atoms with Gasteiger partial charge < -0.3 is 19.3 Å². The molecule has 126 valence electrons. The first-order chi connectivity index (χ1) is 11.6. The highest BCUT2D eigenvalue weighted by molar-refractivity contribution is 5.74. The van der Waals surface area contributed by atoms with Crippen molar-refractivity contribution >= 4 is 5.76 Å². The quantitative estimate of drug-likeness (QED) is 0.930. The van der Waals surface area contributed by atoms with Crippen LogP contribution in [0.25, 0.3) is 5.76 Å². The molecule has 0 fully saturated rings. The van der Waals surface area contributed by atoms with Crippen LogP contribution in [0.1, 0.15) is 30.0 Å². The smallest absolute Gasteiger partial charge is 0.126 e. The van der Waals surface area contributed by atoms with E-state index in [1.807, 2.05) is 49.4 Å². The Morgan fingerprint density at radius 2 is 1.54 bits per heavy atom. The van der Waals surface area contributed by atoms with E-state index in [9.17, 15) is 5.11 Å². The van der Waals surface area contributed by atoms with E-state index in [0.717, 1.165) is 16.9 Å². The molecule has 24 heavy (non-hydrogen) atoms. The standard InChI is InChI=1S/C20H22O4/c1-13-12-20(21,15-9-5-6-10-16(15)22-2)18-14(19(13)24-4)8-7-11-17(18)23-3/h5-11,21H,12H2,1-4H3. The predicted octanol–water partition coefficient (Wildman–Crippen LogP) is 3.72. The van der Waals surface area contributed by atoms with Crippen molar-refractivity contribution in [1.82, 2.24) is 0 Å². The van der Waals surface area contributed by atoms with Crippen molar-refractivity contribution in [3.05, 3.63) is 64.7 Å². The molecule has 3 rings (SSSR count). The summed E-state index contributed by atoms with van der Waals surface area (Å²) in [6.45, 7) is 1.97. The van der Waals surface area contributed by atoms with Crippen LogP contribution in [0, 0.1) is 0 Å². The first-order valence-corrected chi connectivity index (χ1v) is 7.84. The van der Waals surface area contributed by atoms with Crippen LogP contribution in [0.3, 0.4) is 0 Å². The van der Waals surface area contributed by atoms with Gasteiger partial charge in [0.2, 0.25) is 0 Å². The predicted molar refractivity (Wildman–Crippen MR) is 93.2 cm³/mol. The molecule has 0 spiro atoms. The minimum absolute atomic E-state index is 0.407. The maximum Gasteiger partial charge on any atom is 0.126 e. The number of aliphatic hydroxyl groups is 1. The molecule has 0 saturated heterocycles. The molecule has 0 heterocycles. The Kier molecular flexibility index (Phi) is 4.24. The third kappa shape index (κ3) is 2.34. The van der Waals surface area contributed by atoms with Gasteiger partial charge in [-0.1, -0.05) is 30.3 Å². The summed E-state index contributed by atoms with van der Waals surface area (Å²) in [6, 6.07) is 13.2. The van der Waals surface area contributed by atoms with Crippen molar-refractivity contribution in [2.45, 2.75) is 18.9 Å². The first-order valence-electron chi connectivity index (χ1n) is 7.84. The number of hydrogen-bond donors (Lipinski definition) is 1. The van der Waals surface area contributed by atoms with E-state index in [-0.39, 0.29) is 0 Å².